The van der Waals surface area contributed by atoms with Crippen molar-refractivity contribution in [3.05, 3.63) is 100 Å². The van der Waals surface area contributed by atoms with E-state index in [1.807, 2.05) is 13.8 Å². The van der Waals surface area contributed by atoms with Crippen molar-refractivity contribution in [1.29, 1.82) is 0 Å². The lowest BCUT2D eigenvalue weighted by molar-refractivity contribution is -0.124. The number of pyridine rings is 1. The van der Waals surface area contributed by atoms with Crippen LogP contribution in [-0.2, 0) is 14.4 Å². The molecule has 2 unspecified atom stereocenters. The number of thiazole rings is 6. The molecular formula is C48H47N13O9S6. The molecule has 7 aromatic rings. The van der Waals surface area contributed by atoms with Crippen LogP contribution in [0.5, 0.6) is 0 Å². The molecule has 8 heterocycles. The predicted octanol–water partition coefficient (Wildman–Crippen LogP) is 5.78. The van der Waals surface area contributed by atoms with Gasteiger partial charge < -0.3 is 42.1 Å². The van der Waals surface area contributed by atoms with Crippen molar-refractivity contribution >= 4 is 115 Å². The minimum absolute atomic E-state index is 0.0317. The predicted molar refractivity (Wildman–Crippen MR) is 289 cm³/mol. The molecule has 394 valence electrons. The van der Waals surface area contributed by atoms with Crippen LogP contribution >= 0.6 is 68.0 Å². The number of carbonyl (C=O) groups is 7. The Morgan fingerprint density at radius 3 is 1.79 bits per heavy atom. The largest absolute Gasteiger partial charge is 0.391 e. The van der Waals surface area contributed by atoms with E-state index < -0.39 is 65.8 Å². The standard InChI is InChI=1S/C48H47N13O9S6/c1-8-24(37(65)49-12-20(5)62)51-38(66)28-15-73-46(56-28)32-18-74-45(58-32)26-11-10-23-36(50-26)27-13-75-48(53-27)35(22(7)64)61-41(69)31-17-76-47(57-31)33(19(3)4)59-39(67)30-16-72-44(55-30)25(9-2)52-42(70)34(21(6)63)60-40(68)29-14-71-43(23)54-29/h8-11,13-19,21-22,33-35,63-64H,12H2,1-7H3,(H,49,65)(H,51,66)(H,52,70)(H,59,67)(H,60,68)(H,61,69)/b24-8+,25-9+/t21?,22-,33-,34?,35+/m1/s1. The Bertz CT molecular complexity index is 3440. The lowest BCUT2D eigenvalue weighted by atomic mass is 10.1. The Balaban J connectivity index is 1.15. The third-order valence-corrected chi connectivity index (χ3v) is 16.5. The van der Waals surface area contributed by atoms with Gasteiger partial charge in [0.05, 0.1) is 36.2 Å². The van der Waals surface area contributed by atoms with Crippen LogP contribution in [0.4, 0.5) is 0 Å². The van der Waals surface area contributed by atoms with Crippen molar-refractivity contribution in [1.82, 2.24) is 66.8 Å². The van der Waals surface area contributed by atoms with E-state index in [0.29, 0.717) is 53.4 Å². The molecule has 1 aliphatic heterocycles. The molecule has 0 aliphatic carbocycles. The lowest BCUT2D eigenvalue weighted by Gasteiger charge is -2.21. The lowest BCUT2D eigenvalue weighted by Crippen LogP contribution is -2.52. The van der Waals surface area contributed by atoms with E-state index in [4.69, 9.17) is 15.0 Å². The number of ketones is 1. The van der Waals surface area contributed by atoms with Gasteiger partial charge in [0, 0.05) is 37.8 Å². The number of nitrogens with one attached hydrogen (secondary N) is 6. The Kier molecular flexibility index (Phi) is 17.2. The minimum atomic E-state index is -1.45. The van der Waals surface area contributed by atoms with E-state index in [0.717, 1.165) is 45.3 Å². The highest BCUT2D eigenvalue weighted by molar-refractivity contribution is 7.15. The number of aliphatic hydroxyl groups is 2. The maximum atomic E-state index is 13.9. The zero-order valence-corrected chi connectivity index (χ0v) is 46.2. The number of nitrogens with zero attached hydrogens (tertiary/aromatic N) is 7. The number of fused-ring (bicyclic) bond motifs is 11. The fourth-order valence-corrected chi connectivity index (χ4v) is 12.4. The maximum Gasteiger partial charge on any atom is 0.275 e. The molecule has 22 nitrogen and oxygen atoms in total. The number of Topliss-reactive ketones (excluding diaryl/α,β-unsaturated/α-hetero) is 1. The van der Waals surface area contributed by atoms with Crippen LogP contribution < -0.4 is 31.9 Å². The molecule has 8 rings (SSSR count). The maximum absolute atomic E-state index is 13.9. The van der Waals surface area contributed by atoms with Gasteiger partial charge in [0.15, 0.2) is 0 Å². The summed E-state index contributed by atoms with van der Waals surface area (Å²) < 4.78 is 0. The molecular weight excluding hydrogens is 1100 g/mol. The molecule has 8 N–H and O–H groups in total. The highest BCUT2D eigenvalue weighted by Crippen LogP contribution is 2.38. The van der Waals surface area contributed by atoms with Crippen molar-refractivity contribution in [2.45, 2.75) is 78.8 Å². The summed E-state index contributed by atoms with van der Waals surface area (Å²) in [5.74, 6) is -4.34. The second kappa shape index (κ2) is 23.8. The van der Waals surface area contributed by atoms with Gasteiger partial charge in [-0.3, -0.25) is 33.6 Å². The first-order valence-electron chi connectivity index (χ1n) is 23.1. The third-order valence-electron chi connectivity index (χ3n) is 11.2. The second-order valence-corrected chi connectivity index (χ2v) is 22.4. The molecule has 28 heteroatoms. The first-order valence-corrected chi connectivity index (χ1v) is 28.4. The molecule has 7 aromatic heterocycles. The van der Waals surface area contributed by atoms with E-state index in [2.05, 4.69) is 51.8 Å². The average molecular weight is 1140 g/mol. The van der Waals surface area contributed by atoms with Gasteiger partial charge in [-0.2, -0.15) is 0 Å². The Labute approximate surface area is 457 Å². The normalized spacial score (nSPS) is 18.0. The van der Waals surface area contributed by atoms with E-state index in [-0.39, 0.29) is 57.4 Å². The smallest absolute Gasteiger partial charge is 0.275 e. The van der Waals surface area contributed by atoms with Crippen molar-refractivity contribution in [2.75, 3.05) is 6.54 Å². The summed E-state index contributed by atoms with van der Waals surface area (Å²) in [6, 6.07) is 0.349. The van der Waals surface area contributed by atoms with Crippen molar-refractivity contribution in [3.63, 3.8) is 0 Å². The van der Waals surface area contributed by atoms with Crippen molar-refractivity contribution in [3.8, 4) is 43.4 Å². The van der Waals surface area contributed by atoms with Gasteiger partial charge in [0.1, 0.15) is 93.5 Å². The molecule has 8 bridgehead atoms. The number of hydrogen-bond acceptors (Lipinski definition) is 22. The zero-order chi connectivity index (χ0) is 54.5. The molecule has 0 saturated heterocycles. The molecule has 0 spiro atoms. The van der Waals surface area contributed by atoms with E-state index in [9.17, 15) is 43.8 Å². The molecule has 1 aliphatic rings. The number of rotatable bonds is 10. The summed E-state index contributed by atoms with van der Waals surface area (Å²) in [6.07, 6.45) is 0.482. The van der Waals surface area contributed by atoms with Gasteiger partial charge in [-0.1, -0.05) is 26.0 Å². The summed E-state index contributed by atoms with van der Waals surface area (Å²) in [7, 11) is 0. The molecule has 0 radical (unpaired) electrons. The molecule has 0 saturated carbocycles. The fraction of sp³-hybridized carbons (Fsp3) is 0.292. The van der Waals surface area contributed by atoms with E-state index >= 15 is 0 Å². The van der Waals surface area contributed by atoms with E-state index in [1.165, 1.54) is 65.7 Å². The topological polar surface area (TPSA) is 322 Å². The highest BCUT2D eigenvalue weighted by Gasteiger charge is 2.32. The second-order valence-electron chi connectivity index (χ2n) is 17.2. The first kappa shape index (κ1) is 55.1. The number of aliphatic hydroxyl groups excluding tert-OH is 2. The average Bonchev–Trinajstić information content (AvgIpc) is 4.26. The van der Waals surface area contributed by atoms with Gasteiger partial charge in [-0.05, 0) is 52.7 Å². The first-order chi connectivity index (χ1) is 36.3. The zero-order valence-electron chi connectivity index (χ0n) is 41.3. The quantitative estimate of drug-likeness (QED) is 0.0753. The minimum Gasteiger partial charge on any atom is -0.391 e. The summed E-state index contributed by atoms with van der Waals surface area (Å²) in [5.41, 5.74) is 2.16. The van der Waals surface area contributed by atoms with Crippen LogP contribution in [0.3, 0.4) is 0 Å². The van der Waals surface area contributed by atoms with E-state index in [1.54, 1.807) is 48.2 Å². The van der Waals surface area contributed by atoms with Crippen LogP contribution in [0.2, 0.25) is 0 Å². The van der Waals surface area contributed by atoms with Crippen molar-refractivity contribution < 1.29 is 43.8 Å². The number of hydrogen-bond donors (Lipinski definition) is 8. The molecule has 0 aromatic carbocycles. The number of allylic oxidation sites excluding steroid dienone is 2. The van der Waals surface area contributed by atoms with Gasteiger partial charge in [0.2, 0.25) is 5.91 Å². The molecule has 5 atom stereocenters. The SMILES string of the molecule is C/C=C(/NC(=O)c1csc(-c2csc(-c3ccc4c(n3)-c3csc(n3)[C@H]([C@@H](C)O)NC(=O)c3csc(n3)[C@@H](C(C)C)NC(=O)c3csc(n3)/C(=C\C)NC(=O)C(C(C)O)NC(=O)c3csc-4n3)n2)n1)C(=O)NCC(C)=O. The van der Waals surface area contributed by atoms with Crippen LogP contribution in [0, 0.1) is 5.92 Å². The Hall–Kier alpha value is -7.18. The number of aromatic nitrogens is 7. The molecule has 0 fully saturated rings. The Morgan fingerprint density at radius 2 is 1.14 bits per heavy atom. The molecule has 6 amide bonds. The summed E-state index contributed by atoms with van der Waals surface area (Å²) >= 11 is 6.94. The third kappa shape index (κ3) is 12.4. The van der Waals surface area contributed by atoms with Crippen molar-refractivity contribution in [2.24, 2.45) is 5.92 Å². The highest BCUT2D eigenvalue weighted by atomic mass is 32.1. The van der Waals surface area contributed by atoms with Gasteiger partial charge in [0.25, 0.3) is 29.5 Å². The Morgan fingerprint density at radius 1 is 0.618 bits per heavy atom. The van der Waals surface area contributed by atoms with Crippen LogP contribution in [-0.4, -0.2) is 111 Å². The monoisotopic (exact) mass is 1140 g/mol. The summed E-state index contributed by atoms with van der Waals surface area (Å²) in [5, 5.41) is 49.8. The van der Waals surface area contributed by atoms with Gasteiger partial charge in [-0.25, -0.2) is 34.9 Å². The van der Waals surface area contributed by atoms with Crippen LogP contribution in [0.25, 0.3) is 49.1 Å². The fourth-order valence-electron chi connectivity index (χ4n) is 7.17. The molecule has 76 heavy (non-hydrogen) atoms. The number of amides is 6. The van der Waals surface area contributed by atoms with Gasteiger partial charge in [-0.15, -0.1) is 68.0 Å². The van der Waals surface area contributed by atoms with Crippen LogP contribution in [0.15, 0.2) is 62.3 Å². The summed E-state index contributed by atoms with van der Waals surface area (Å²) in [6.45, 7) is 11.0. The number of carbonyl (C=O) groups excluding carboxylic acids is 7. The van der Waals surface area contributed by atoms with Crippen LogP contribution in [0.1, 0.15) is 118 Å². The summed E-state index contributed by atoms with van der Waals surface area (Å²) in [4.78, 5) is 125. The van der Waals surface area contributed by atoms with Gasteiger partial charge >= 0.3 is 0 Å².